The standard InChI is InChI=1S/C20H29N3O6S/c1-4-23(5-2)30(27,28)17-10-8-16(9-11-17)20(26)21-12-19(25)29-13-18(24)22-14(3)15-6-7-15/h8-11,14-15H,4-7,12-13H2,1-3H3,(H,21,26)(H,22,24). The van der Waals surface area contributed by atoms with Gasteiger partial charge in [-0.3, -0.25) is 14.4 Å². The van der Waals surface area contributed by atoms with Crippen LogP contribution in [0.3, 0.4) is 0 Å². The number of carbonyl (C=O) groups is 3. The summed E-state index contributed by atoms with van der Waals surface area (Å²) in [5.74, 6) is -1.17. The highest BCUT2D eigenvalue weighted by molar-refractivity contribution is 7.89. The smallest absolute Gasteiger partial charge is 0.325 e. The highest BCUT2D eigenvalue weighted by Crippen LogP contribution is 2.32. The fourth-order valence-electron chi connectivity index (χ4n) is 2.95. The number of carbonyl (C=O) groups excluding carboxylic acids is 3. The molecule has 2 N–H and O–H groups in total. The molecule has 2 rings (SSSR count). The van der Waals surface area contributed by atoms with Crippen LogP contribution in [0.15, 0.2) is 29.2 Å². The van der Waals surface area contributed by atoms with Crippen LogP contribution in [0.2, 0.25) is 0 Å². The minimum atomic E-state index is -3.61. The highest BCUT2D eigenvalue weighted by atomic mass is 32.2. The average Bonchev–Trinajstić information content (AvgIpc) is 3.56. The molecule has 0 heterocycles. The van der Waals surface area contributed by atoms with E-state index in [2.05, 4.69) is 10.6 Å². The van der Waals surface area contributed by atoms with Crippen LogP contribution in [-0.4, -0.2) is 62.8 Å². The molecule has 1 aliphatic carbocycles. The zero-order chi connectivity index (χ0) is 22.3. The lowest BCUT2D eigenvalue weighted by Gasteiger charge is -2.18. The normalized spacial score (nSPS) is 14.8. The predicted octanol–water partition coefficient (Wildman–Crippen LogP) is 0.905. The number of hydrogen-bond donors (Lipinski definition) is 2. The monoisotopic (exact) mass is 439 g/mol. The Labute approximate surface area is 177 Å². The van der Waals surface area contributed by atoms with Crippen molar-refractivity contribution in [2.75, 3.05) is 26.2 Å². The number of hydrogen-bond acceptors (Lipinski definition) is 6. The Morgan fingerprint density at radius 1 is 1.13 bits per heavy atom. The van der Waals surface area contributed by atoms with E-state index in [0.29, 0.717) is 19.0 Å². The summed E-state index contributed by atoms with van der Waals surface area (Å²) in [6, 6.07) is 5.52. The Bertz CT molecular complexity index is 861. The van der Waals surface area contributed by atoms with Gasteiger partial charge in [-0.15, -0.1) is 0 Å². The molecule has 1 atom stereocenters. The molecule has 0 bridgehead atoms. The van der Waals surface area contributed by atoms with E-state index in [1.165, 1.54) is 28.6 Å². The third kappa shape index (κ3) is 6.53. The molecule has 1 aromatic rings. The maximum absolute atomic E-state index is 12.5. The zero-order valence-corrected chi connectivity index (χ0v) is 18.3. The first-order valence-corrected chi connectivity index (χ1v) is 11.5. The second-order valence-electron chi connectivity index (χ2n) is 7.15. The second kappa shape index (κ2) is 10.5. The number of nitrogens with one attached hydrogen (secondary N) is 2. The van der Waals surface area contributed by atoms with Crippen LogP contribution in [0.4, 0.5) is 0 Å². The van der Waals surface area contributed by atoms with Gasteiger partial charge in [-0.1, -0.05) is 13.8 Å². The quantitative estimate of drug-likeness (QED) is 0.494. The van der Waals surface area contributed by atoms with Gasteiger partial charge in [0.25, 0.3) is 11.8 Å². The van der Waals surface area contributed by atoms with E-state index in [4.69, 9.17) is 4.74 Å². The minimum absolute atomic E-state index is 0.0597. The van der Waals surface area contributed by atoms with Crippen molar-refractivity contribution in [2.24, 2.45) is 5.92 Å². The van der Waals surface area contributed by atoms with Crippen LogP contribution in [-0.2, 0) is 24.3 Å². The van der Waals surface area contributed by atoms with Gasteiger partial charge >= 0.3 is 5.97 Å². The van der Waals surface area contributed by atoms with Crippen LogP contribution >= 0.6 is 0 Å². The lowest BCUT2D eigenvalue weighted by atomic mass is 10.2. The summed E-state index contributed by atoms with van der Waals surface area (Å²) >= 11 is 0. The molecule has 1 unspecified atom stereocenters. The maximum atomic E-state index is 12.5. The van der Waals surface area contributed by atoms with E-state index in [1.807, 2.05) is 6.92 Å². The second-order valence-corrected chi connectivity index (χ2v) is 9.09. The molecule has 166 valence electrons. The minimum Gasteiger partial charge on any atom is -0.454 e. The van der Waals surface area contributed by atoms with Crippen molar-refractivity contribution < 1.29 is 27.5 Å². The van der Waals surface area contributed by atoms with Gasteiger partial charge in [0, 0.05) is 24.7 Å². The SMILES string of the molecule is CCN(CC)S(=O)(=O)c1ccc(C(=O)NCC(=O)OCC(=O)NC(C)C2CC2)cc1. The molecule has 0 spiro atoms. The van der Waals surface area contributed by atoms with E-state index in [9.17, 15) is 22.8 Å². The third-order valence-corrected chi connectivity index (χ3v) is 7.00. The fourth-order valence-corrected chi connectivity index (χ4v) is 4.41. The number of nitrogens with zero attached hydrogens (tertiary/aromatic N) is 1. The molecule has 0 aromatic heterocycles. The lowest BCUT2D eigenvalue weighted by Crippen LogP contribution is -2.38. The first-order valence-electron chi connectivity index (χ1n) is 10.0. The molecule has 0 radical (unpaired) electrons. The Morgan fingerprint density at radius 2 is 1.73 bits per heavy atom. The van der Waals surface area contributed by atoms with E-state index < -0.39 is 35.1 Å². The van der Waals surface area contributed by atoms with Gasteiger partial charge < -0.3 is 15.4 Å². The van der Waals surface area contributed by atoms with E-state index in [0.717, 1.165) is 12.8 Å². The number of esters is 1. The van der Waals surface area contributed by atoms with Gasteiger partial charge in [0.1, 0.15) is 6.54 Å². The molecular formula is C20H29N3O6S. The summed E-state index contributed by atoms with van der Waals surface area (Å²) in [6.07, 6.45) is 2.19. The van der Waals surface area contributed by atoms with Crippen molar-refractivity contribution in [1.29, 1.82) is 0 Å². The fraction of sp³-hybridized carbons (Fsp3) is 0.550. The number of benzene rings is 1. The molecule has 10 heteroatoms. The number of sulfonamides is 1. The van der Waals surface area contributed by atoms with Crippen LogP contribution < -0.4 is 10.6 Å². The first kappa shape index (κ1) is 23.8. The molecule has 30 heavy (non-hydrogen) atoms. The molecule has 9 nitrogen and oxygen atoms in total. The summed E-state index contributed by atoms with van der Waals surface area (Å²) in [6.45, 7) is 5.31. The lowest BCUT2D eigenvalue weighted by molar-refractivity contribution is -0.147. The van der Waals surface area contributed by atoms with Gasteiger partial charge in [0.2, 0.25) is 10.0 Å². The van der Waals surface area contributed by atoms with Crippen LogP contribution in [0.1, 0.15) is 44.0 Å². The summed E-state index contributed by atoms with van der Waals surface area (Å²) in [5.41, 5.74) is 0.206. The number of rotatable bonds is 11. The Hall–Kier alpha value is -2.46. The average molecular weight is 440 g/mol. The molecule has 1 aliphatic rings. The van der Waals surface area contributed by atoms with Crippen molar-refractivity contribution in [3.63, 3.8) is 0 Å². The molecule has 1 aromatic carbocycles. The van der Waals surface area contributed by atoms with Crippen LogP contribution in [0.25, 0.3) is 0 Å². The van der Waals surface area contributed by atoms with E-state index >= 15 is 0 Å². The summed E-state index contributed by atoms with van der Waals surface area (Å²) in [7, 11) is -3.61. The summed E-state index contributed by atoms with van der Waals surface area (Å²) in [5, 5.41) is 5.16. The van der Waals surface area contributed by atoms with Crippen molar-refractivity contribution in [3.8, 4) is 0 Å². The van der Waals surface area contributed by atoms with Crippen molar-refractivity contribution in [3.05, 3.63) is 29.8 Å². The third-order valence-electron chi connectivity index (χ3n) is 4.94. The molecular weight excluding hydrogens is 410 g/mol. The predicted molar refractivity (Wildman–Crippen MR) is 110 cm³/mol. The summed E-state index contributed by atoms with van der Waals surface area (Å²) < 4.78 is 31.1. The van der Waals surface area contributed by atoms with Crippen LogP contribution in [0, 0.1) is 5.92 Å². The van der Waals surface area contributed by atoms with Crippen molar-refractivity contribution in [2.45, 2.75) is 44.6 Å². The topological polar surface area (TPSA) is 122 Å². The molecule has 1 fully saturated rings. The van der Waals surface area contributed by atoms with Crippen molar-refractivity contribution >= 4 is 27.8 Å². The molecule has 2 amide bonds. The van der Waals surface area contributed by atoms with Gasteiger partial charge in [-0.05, 0) is 49.9 Å². The van der Waals surface area contributed by atoms with Gasteiger partial charge in [-0.25, -0.2) is 8.42 Å². The molecule has 0 aliphatic heterocycles. The first-order chi connectivity index (χ1) is 14.2. The van der Waals surface area contributed by atoms with Crippen molar-refractivity contribution in [1.82, 2.24) is 14.9 Å². The zero-order valence-electron chi connectivity index (χ0n) is 17.5. The summed E-state index contributed by atoms with van der Waals surface area (Å²) in [4.78, 5) is 35.7. The molecule has 0 saturated heterocycles. The van der Waals surface area contributed by atoms with Gasteiger partial charge in [0.15, 0.2) is 6.61 Å². The Kier molecular flexibility index (Phi) is 8.36. The van der Waals surface area contributed by atoms with Gasteiger partial charge in [-0.2, -0.15) is 4.31 Å². The number of amides is 2. The van der Waals surface area contributed by atoms with E-state index in [-0.39, 0.29) is 22.4 Å². The largest absolute Gasteiger partial charge is 0.454 e. The molecule has 1 saturated carbocycles. The number of ether oxygens (including phenoxy) is 1. The van der Waals surface area contributed by atoms with Gasteiger partial charge in [0.05, 0.1) is 4.90 Å². The van der Waals surface area contributed by atoms with Crippen LogP contribution in [0.5, 0.6) is 0 Å². The Balaban J connectivity index is 1.80. The van der Waals surface area contributed by atoms with E-state index in [1.54, 1.807) is 13.8 Å². The Morgan fingerprint density at radius 3 is 2.27 bits per heavy atom. The maximum Gasteiger partial charge on any atom is 0.325 e. The highest BCUT2D eigenvalue weighted by Gasteiger charge is 2.29.